The van der Waals surface area contributed by atoms with Gasteiger partial charge in [-0.2, -0.15) is 0 Å². The number of nitrogens with zero attached hydrogens (tertiary/aromatic N) is 2. The third kappa shape index (κ3) is 3.89. The van der Waals surface area contributed by atoms with Crippen molar-refractivity contribution in [1.29, 1.82) is 0 Å². The quantitative estimate of drug-likeness (QED) is 0.196. The molecule has 0 amide bonds. The fraction of sp³-hybridized carbons (Fsp3) is 0.0455. The van der Waals surface area contributed by atoms with Gasteiger partial charge in [0.25, 0.3) is 0 Å². The fourth-order valence-corrected chi connectivity index (χ4v) is 8.15. The number of para-hydroxylation sites is 5. The van der Waals surface area contributed by atoms with Gasteiger partial charge in [0.05, 0.1) is 16.6 Å². The lowest BCUT2D eigenvalue weighted by atomic mass is 9.59. The molecule has 7 aromatic carbocycles. The highest BCUT2D eigenvalue weighted by Crippen LogP contribution is 2.42. The summed E-state index contributed by atoms with van der Waals surface area (Å²) in [5, 5.41) is 9.06. The van der Waals surface area contributed by atoms with E-state index in [1.165, 1.54) is 82.5 Å². The number of benzene rings is 7. The van der Waals surface area contributed by atoms with Crippen molar-refractivity contribution < 1.29 is 0 Å². The van der Waals surface area contributed by atoms with E-state index in [1.54, 1.807) is 0 Å². The van der Waals surface area contributed by atoms with E-state index in [2.05, 4.69) is 174 Å². The Bertz CT molecular complexity index is 2750. The molecule has 4 heteroatoms. The summed E-state index contributed by atoms with van der Waals surface area (Å²) in [6, 6.07) is 53.4. The maximum Gasteiger partial charge on any atom is 0.198 e. The van der Waals surface area contributed by atoms with Crippen LogP contribution in [0.25, 0.3) is 66.1 Å². The zero-order chi connectivity index (χ0) is 31.9. The molecule has 0 unspecified atom stereocenters. The molecule has 0 fully saturated rings. The Morgan fingerprint density at radius 1 is 0.500 bits per heavy atom. The minimum atomic E-state index is 0.881. The molecule has 10 rings (SSSR count). The normalized spacial score (nSPS) is 12.1. The molecule has 3 heterocycles. The van der Waals surface area contributed by atoms with Crippen LogP contribution in [0.3, 0.4) is 0 Å². The number of aryl methyl sites for hydroxylation is 2. The van der Waals surface area contributed by atoms with Crippen LogP contribution in [0.5, 0.6) is 0 Å². The zero-order valence-electron chi connectivity index (χ0n) is 27.0. The number of nitrogens with one attached hydrogen (secondary N) is 1. The van der Waals surface area contributed by atoms with Crippen LogP contribution < -0.4 is 16.2 Å². The maximum absolute atomic E-state index is 3.92. The van der Waals surface area contributed by atoms with Gasteiger partial charge in [-0.1, -0.05) is 103 Å². The molecule has 0 spiro atoms. The van der Waals surface area contributed by atoms with Crippen LogP contribution in [-0.2, 0) is 0 Å². The van der Waals surface area contributed by atoms with Gasteiger partial charge in [-0.25, -0.2) is 0 Å². The summed E-state index contributed by atoms with van der Waals surface area (Å²) in [6.45, 7) is 4.41. The van der Waals surface area contributed by atoms with E-state index >= 15 is 0 Å². The molecular weight excluding hydrogens is 581 g/mol. The molecule has 0 saturated heterocycles. The third-order valence-corrected chi connectivity index (χ3v) is 10.3. The standard InChI is InChI=1S/C44H32BN3/c1-27-23-35(43-42(24-27)48-40-22-11-7-16-30(40)32-18-12-19-36(45-43)44(32)48)33-25-34-31-17-8-10-21-39(31)47(29-14-4-3-5-15-29)41(34)26-38(33)46-37-20-9-6-13-28(37)2/h3-26,45-46H,1-2H3. The van der Waals surface area contributed by atoms with Crippen molar-refractivity contribution >= 4 is 73.2 Å². The van der Waals surface area contributed by atoms with Crippen LogP contribution in [0.4, 0.5) is 11.4 Å². The first kappa shape index (κ1) is 27.1. The van der Waals surface area contributed by atoms with Crippen LogP contribution in [0.2, 0.25) is 0 Å². The number of fused-ring (bicyclic) bond motifs is 8. The Hall–Kier alpha value is -6.00. The zero-order valence-corrected chi connectivity index (χ0v) is 27.0. The van der Waals surface area contributed by atoms with E-state index in [0.717, 1.165) is 24.3 Å². The van der Waals surface area contributed by atoms with Gasteiger partial charge in [0, 0.05) is 55.4 Å². The lowest BCUT2D eigenvalue weighted by Gasteiger charge is -2.25. The lowest BCUT2D eigenvalue weighted by Crippen LogP contribution is -2.37. The topological polar surface area (TPSA) is 21.9 Å². The van der Waals surface area contributed by atoms with Crippen LogP contribution in [0.15, 0.2) is 146 Å². The Morgan fingerprint density at radius 2 is 1.19 bits per heavy atom. The first-order valence-corrected chi connectivity index (χ1v) is 16.7. The minimum Gasteiger partial charge on any atom is -0.355 e. The van der Waals surface area contributed by atoms with Gasteiger partial charge in [-0.3, -0.25) is 0 Å². The van der Waals surface area contributed by atoms with E-state index in [0.29, 0.717) is 0 Å². The van der Waals surface area contributed by atoms with E-state index in [-0.39, 0.29) is 0 Å². The van der Waals surface area contributed by atoms with Crippen molar-refractivity contribution in [1.82, 2.24) is 9.13 Å². The summed E-state index contributed by atoms with van der Waals surface area (Å²) in [6.07, 6.45) is 0. The first-order chi connectivity index (χ1) is 23.6. The minimum absolute atomic E-state index is 0.881. The average Bonchev–Trinajstić information content (AvgIpc) is 3.63. The highest BCUT2D eigenvalue weighted by Gasteiger charge is 2.27. The maximum atomic E-state index is 3.92. The summed E-state index contributed by atoms with van der Waals surface area (Å²) in [7, 11) is 0.881. The fourth-order valence-electron chi connectivity index (χ4n) is 8.15. The van der Waals surface area contributed by atoms with Gasteiger partial charge in [0.2, 0.25) is 0 Å². The van der Waals surface area contributed by atoms with Crippen LogP contribution in [-0.4, -0.2) is 16.4 Å². The van der Waals surface area contributed by atoms with Gasteiger partial charge in [-0.15, -0.1) is 0 Å². The number of aromatic nitrogens is 2. The number of rotatable bonds is 4. The average molecular weight is 614 g/mol. The van der Waals surface area contributed by atoms with Gasteiger partial charge >= 0.3 is 0 Å². The molecule has 0 aliphatic carbocycles. The Labute approximate surface area is 279 Å². The SMILES string of the molecule is Cc1cc(-c2cc3c4ccccc4n(-c4ccccc4)c3cc2Nc2ccccc2C)c2c(c1)-n1c3ccccc3c3cccc(c31)B2. The van der Waals surface area contributed by atoms with E-state index in [4.69, 9.17) is 0 Å². The molecule has 0 radical (unpaired) electrons. The summed E-state index contributed by atoms with van der Waals surface area (Å²) >= 11 is 0. The highest BCUT2D eigenvalue weighted by atomic mass is 15.0. The molecule has 0 saturated carbocycles. The smallest absolute Gasteiger partial charge is 0.198 e. The molecule has 3 nitrogen and oxygen atoms in total. The second-order valence-electron chi connectivity index (χ2n) is 13.2. The van der Waals surface area contributed by atoms with Gasteiger partial charge < -0.3 is 14.5 Å². The molecule has 0 bridgehead atoms. The second-order valence-corrected chi connectivity index (χ2v) is 13.2. The summed E-state index contributed by atoms with van der Waals surface area (Å²) in [4.78, 5) is 0. The van der Waals surface area contributed by atoms with Gasteiger partial charge in [0.1, 0.15) is 0 Å². The van der Waals surface area contributed by atoms with Crippen LogP contribution in [0.1, 0.15) is 11.1 Å². The molecule has 1 aliphatic heterocycles. The molecule has 1 aliphatic rings. The Balaban J connectivity index is 1.31. The number of hydrogen-bond acceptors (Lipinski definition) is 1. The molecular formula is C44H32BN3. The highest BCUT2D eigenvalue weighted by molar-refractivity contribution is 6.73. The first-order valence-electron chi connectivity index (χ1n) is 16.7. The predicted molar refractivity (Wildman–Crippen MR) is 206 cm³/mol. The van der Waals surface area contributed by atoms with Crippen molar-refractivity contribution in [3.05, 3.63) is 157 Å². The second kappa shape index (κ2) is 10.3. The molecule has 226 valence electrons. The summed E-state index contributed by atoms with van der Waals surface area (Å²) < 4.78 is 4.92. The Kier molecular flexibility index (Phi) is 5.80. The van der Waals surface area contributed by atoms with E-state index in [1.807, 2.05) is 0 Å². The van der Waals surface area contributed by atoms with Gasteiger partial charge in [-0.05, 0) is 84.5 Å². The van der Waals surface area contributed by atoms with Crippen molar-refractivity contribution in [2.45, 2.75) is 13.8 Å². The van der Waals surface area contributed by atoms with E-state index < -0.39 is 0 Å². The van der Waals surface area contributed by atoms with Crippen molar-refractivity contribution in [3.8, 4) is 22.5 Å². The van der Waals surface area contributed by atoms with E-state index in [9.17, 15) is 0 Å². The predicted octanol–water partition coefficient (Wildman–Crippen LogP) is 9.61. The Morgan fingerprint density at radius 3 is 2.00 bits per heavy atom. The molecule has 9 aromatic rings. The number of hydrogen-bond donors (Lipinski definition) is 1. The third-order valence-electron chi connectivity index (χ3n) is 10.3. The summed E-state index contributed by atoms with van der Waals surface area (Å²) in [5.41, 5.74) is 17.3. The molecule has 0 atom stereocenters. The summed E-state index contributed by atoms with van der Waals surface area (Å²) in [5.74, 6) is 0. The molecule has 1 N–H and O–H groups in total. The number of anilines is 2. The van der Waals surface area contributed by atoms with Crippen LogP contribution in [0, 0.1) is 13.8 Å². The van der Waals surface area contributed by atoms with Crippen molar-refractivity contribution in [2.75, 3.05) is 5.32 Å². The van der Waals surface area contributed by atoms with Crippen molar-refractivity contribution in [3.63, 3.8) is 0 Å². The largest absolute Gasteiger partial charge is 0.355 e. The monoisotopic (exact) mass is 613 g/mol. The lowest BCUT2D eigenvalue weighted by molar-refractivity contribution is 1.18. The molecule has 48 heavy (non-hydrogen) atoms. The van der Waals surface area contributed by atoms with Gasteiger partial charge in [0.15, 0.2) is 7.28 Å². The van der Waals surface area contributed by atoms with Crippen molar-refractivity contribution in [2.24, 2.45) is 0 Å². The molecule has 2 aromatic heterocycles. The van der Waals surface area contributed by atoms with Crippen LogP contribution >= 0.6 is 0 Å².